The third-order valence-electron chi connectivity index (χ3n) is 3.01. The fourth-order valence-electron chi connectivity index (χ4n) is 2.17. The van der Waals surface area contributed by atoms with Gasteiger partial charge in [-0.1, -0.05) is 12.1 Å². The lowest BCUT2D eigenvalue weighted by Gasteiger charge is -2.26. The molecule has 0 radical (unpaired) electrons. The first-order valence-electron chi connectivity index (χ1n) is 5.99. The zero-order valence-corrected chi connectivity index (χ0v) is 10.8. The molecule has 1 unspecified atom stereocenters. The molecule has 1 aliphatic heterocycles. The van der Waals surface area contributed by atoms with Crippen LogP contribution in [0.3, 0.4) is 0 Å². The van der Waals surface area contributed by atoms with Gasteiger partial charge in [-0.25, -0.2) is 4.39 Å². The molecule has 1 aromatic carbocycles. The Hall–Kier alpha value is -0.740. The van der Waals surface area contributed by atoms with E-state index in [-0.39, 0.29) is 5.82 Å². The minimum absolute atomic E-state index is 0.227. The molecule has 1 aliphatic rings. The maximum Gasteiger partial charge on any atom is 0.146 e. The van der Waals surface area contributed by atoms with Crippen molar-refractivity contribution in [3.63, 3.8) is 0 Å². The van der Waals surface area contributed by atoms with Gasteiger partial charge < -0.3 is 10.0 Å². The summed E-state index contributed by atoms with van der Waals surface area (Å²) in [6, 6.07) is 4.94. The lowest BCUT2D eigenvalue weighted by atomic mass is 10.1. The number of hydrogen-bond acceptors (Lipinski definition) is 3. The van der Waals surface area contributed by atoms with E-state index >= 15 is 0 Å². The fraction of sp³-hybridized carbons (Fsp3) is 0.538. The fourth-order valence-corrected chi connectivity index (χ4v) is 3.06. The average Bonchev–Trinajstić information content (AvgIpc) is 2.57. The highest BCUT2D eigenvalue weighted by atomic mass is 32.2. The van der Waals surface area contributed by atoms with E-state index in [0.717, 1.165) is 31.0 Å². The third-order valence-corrected chi connectivity index (χ3v) is 4.06. The Balaban J connectivity index is 2.34. The van der Waals surface area contributed by atoms with Crippen LogP contribution in [0.5, 0.6) is 0 Å². The third kappa shape index (κ3) is 2.93. The molecule has 17 heavy (non-hydrogen) atoms. The predicted molar refractivity (Wildman–Crippen MR) is 71.2 cm³/mol. The van der Waals surface area contributed by atoms with Crippen LogP contribution in [0.15, 0.2) is 18.2 Å². The number of benzene rings is 1. The predicted octanol–water partition coefficient (Wildman–Crippen LogP) is 2.82. The number of halogens is 1. The molecule has 94 valence electrons. The van der Waals surface area contributed by atoms with E-state index in [9.17, 15) is 9.50 Å². The molecule has 0 spiro atoms. The largest absolute Gasteiger partial charge is 0.389 e. The summed E-state index contributed by atoms with van der Waals surface area (Å²) in [6.07, 6.45) is 0.440. The lowest BCUT2D eigenvalue weighted by molar-refractivity contribution is 0.199. The van der Waals surface area contributed by atoms with Gasteiger partial charge in [0.1, 0.15) is 5.82 Å². The average molecular weight is 255 g/mol. The Kier molecular flexibility index (Phi) is 4.29. The number of hydrogen-bond donors (Lipinski definition) is 1. The second-order valence-corrected chi connectivity index (χ2v) is 5.53. The van der Waals surface area contributed by atoms with E-state index in [1.54, 1.807) is 19.1 Å². The van der Waals surface area contributed by atoms with Crippen molar-refractivity contribution >= 4 is 17.4 Å². The maximum absolute atomic E-state index is 14.0. The molecular formula is C13H18FNOS. The highest BCUT2D eigenvalue weighted by Crippen LogP contribution is 2.30. The van der Waals surface area contributed by atoms with Gasteiger partial charge in [-0.05, 0) is 25.2 Å². The summed E-state index contributed by atoms with van der Waals surface area (Å²) < 4.78 is 14.0. The van der Waals surface area contributed by atoms with Crippen molar-refractivity contribution in [2.45, 2.75) is 19.4 Å². The van der Waals surface area contributed by atoms with Crippen molar-refractivity contribution in [1.29, 1.82) is 0 Å². The van der Waals surface area contributed by atoms with E-state index in [4.69, 9.17) is 0 Å². The molecular weight excluding hydrogens is 237 g/mol. The van der Waals surface area contributed by atoms with Gasteiger partial charge in [0.15, 0.2) is 0 Å². The quantitative estimate of drug-likeness (QED) is 0.879. The van der Waals surface area contributed by atoms with Gasteiger partial charge in [0, 0.05) is 24.4 Å². The van der Waals surface area contributed by atoms with E-state index in [0.29, 0.717) is 11.3 Å². The van der Waals surface area contributed by atoms with Crippen molar-refractivity contribution < 1.29 is 9.50 Å². The maximum atomic E-state index is 14.0. The first-order chi connectivity index (χ1) is 8.20. The van der Waals surface area contributed by atoms with Crippen LogP contribution in [0.2, 0.25) is 0 Å². The van der Waals surface area contributed by atoms with Gasteiger partial charge in [0.05, 0.1) is 11.8 Å². The van der Waals surface area contributed by atoms with Crippen LogP contribution < -0.4 is 4.90 Å². The van der Waals surface area contributed by atoms with Crippen molar-refractivity contribution in [3.8, 4) is 0 Å². The summed E-state index contributed by atoms with van der Waals surface area (Å²) >= 11 is 1.91. The molecule has 0 bridgehead atoms. The molecule has 1 atom stereocenters. The Morgan fingerprint density at radius 1 is 1.35 bits per heavy atom. The van der Waals surface area contributed by atoms with E-state index in [1.807, 2.05) is 11.8 Å². The molecule has 1 N–H and O–H groups in total. The molecule has 0 amide bonds. The SMILES string of the molecule is CC(O)c1cccc(F)c1N1CCCSCC1. The first-order valence-corrected chi connectivity index (χ1v) is 7.15. The van der Waals surface area contributed by atoms with Crippen molar-refractivity contribution in [2.24, 2.45) is 0 Å². The van der Waals surface area contributed by atoms with Gasteiger partial charge in [-0.2, -0.15) is 11.8 Å². The Bertz CT molecular complexity index is 376. The second kappa shape index (κ2) is 5.74. The molecule has 1 aromatic rings. The Labute approximate surface area is 106 Å². The van der Waals surface area contributed by atoms with Crippen LogP contribution in [0.4, 0.5) is 10.1 Å². The molecule has 4 heteroatoms. The zero-order chi connectivity index (χ0) is 12.3. The van der Waals surface area contributed by atoms with Gasteiger partial charge >= 0.3 is 0 Å². The van der Waals surface area contributed by atoms with Gasteiger partial charge in [-0.3, -0.25) is 0 Å². The lowest BCUT2D eigenvalue weighted by Crippen LogP contribution is -2.28. The Morgan fingerprint density at radius 2 is 2.18 bits per heavy atom. The summed E-state index contributed by atoms with van der Waals surface area (Å²) in [4.78, 5) is 2.07. The van der Waals surface area contributed by atoms with Crippen LogP contribution in [-0.2, 0) is 0 Å². The Morgan fingerprint density at radius 3 is 2.94 bits per heavy atom. The van der Waals surface area contributed by atoms with E-state index in [1.165, 1.54) is 6.07 Å². The number of thioether (sulfide) groups is 1. The number of aliphatic hydroxyl groups is 1. The summed E-state index contributed by atoms with van der Waals surface area (Å²) in [5, 5.41) is 9.73. The number of rotatable bonds is 2. The van der Waals surface area contributed by atoms with E-state index in [2.05, 4.69) is 4.90 Å². The van der Waals surface area contributed by atoms with Crippen LogP contribution in [-0.4, -0.2) is 29.7 Å². The highest BCUT2D eigenvalue weighted by Gasteiger charge is 2.19. The molecule has 0 aromatic heterocycles. The smallest absolute Gasteiger partial charge is 0.146 e. The number of para-hydroxylation sites is 1. The van der Waals surface area contributed by atoms with Crippen molar-refractivity contribution in [2.75, 3.05) is 29.5 Å². The highest BCUT2D eigenvalue weighted by molar-refractivity contribution is 7.99. The number of nitrogens with zero attached hydrogens (tertiary/aromatic N) is 1. The molecule has 1 heterocycles. The van der Waals surface area contributed by atoms with Crippen LogP contribution in [0.1, 0.15) is 25.0 Å². The van der Waals surface area contributed by atoms with Crippen molar-refractivity contribution in [3.05, 3.63) is 29.6 Å². The molecule has 1 saturated heterocycles. The normalized spacial score (nSPS) is 18.9. The second-order valence-electron chi connectivity index (χ2n) is 4.31. The van der Waals surface area contributed by atoms with Gasteiger partial charge in [0.25, 0.3) is 0 Å². The molecule has 1 fully saturated rings. The summed E-state index contributed by atoms with van der Waals surface area (Å²) in [7, 11) is 0. The van der Waals surface area contributed by atoms with Crippen LogP contribution in [0.25, 0.3) is 0 Å². The topological polar surface area (TPSA) is 23.5 Å². The van der Waals surface area contributed by atoms with E-state index < -0.39 is 6.10 Å². The molecule has 0 saturated carbocycles. The summed E-state index contributed by atoms with van der Waals surface area (Å²) in [5.74, 6) is 1.93. The molecule has 2 nitrogen and oxygen atoms in total. The number of aliphatic hydroxyl groups excluding tert-OH is 1. The van der Waals surface area contributed by atoms with Crippen LogP contribution in [0, 0.1) is 5.82 Å². The minimum Gasteiger partial charge on any atom is -0.389 e. The monoisotopic (exact) mass is 255 g/mol. The number of anilines is 1. The molecule has 0 aliphatic carbocycles. The summed E-state index contributed by atoms with van der Waals surface area (Å²) in [5.41, 5.74) is 1.28. The standard InChI is InChI=1S/C13H18FNOS/c1-10(16)11-4-2-5-12(14)13(11)15-6-3-8-17-9-7-15/h2,4-5,10,16H,3,6-9H2,1H3. The zero-order valence-electron chi connectivity index (χ0n) is 10.0. The van der Waals surface area contributed by atoms with Gasteiger partial charge in [-0.15, -0.1) is 0 Å². The first kappa shape index (κ1) is 12.7. The minimum atomic E-state index is -0.628. The molecule has 2 rings (SSSR count). The van der Waals surface area contributed by atoms with Crippen LogP contribution >= 0.6 is 11.8 Å². The van der Waals surface area contributed by atoms with Crippen molar-refractivity contribution in [1.82, 2.24) is 0 Å². The van der Waals surface area contributed by atoms with Gasteiger partial charge in [0.2, 0.25) is 0 Å². The summed E-state index contributed by atoms with van der Waals surface area (Å²) in [6.45, 7) is 3.41.